The van der Waals surface area contributed by atoms with Crippen LogP contribution in [-0.2, 0) is 14.8 Å². The molecule has 7 nitrogen and oxygen atoms in total. The average Bonchev–Trinajstić information content (AvgIpc) is 2.81. The molecule has 1 amide bonds. The van der Waals surface area contributed by atoms with Gasteiger partial charge in [-0.25, -0.2) is 8.42 Å². The van der Waals surface area contributed by atoms with Gasteiger partial charge in [0.05, 0.1) is 17.2 Å². The summed E-state index contributed by atoms with van der Waals surface area (Å²) < 4.78 is 38.0. The number of hydrogen-bond donors (Lipinski definition) is 1. The van der Waals surface area contributed by atoms with Crippen molar-refractivity contribution in [3.8, 4) is 11.5 Å². The lowest BCUT2D eigenvalue weighted by Crippen LogP contribution is -2.30. The largest absolute Gasteiger partial charge is 0.494 e. The van der Waals surface area contributed by atoms with E-state index in [2.05, 4.69) is 5.32 Å². The molecule has 0 aromatic heterocycles. The summed E-state index contributed by atoms with van der Waals surface area (Å²) in [4.78, 5) is 12.7. The van der Waals surface area contributed by atoms with E-state index >= 15 is 0 Å². The van der Waals surface area contributed by atoms with E-state index in [9.17, 15) is 13.2 Å². The van der Waals surface area contributed by atoms with E-state index < -0.39 is 16.1 Å². The van der Waals surface area contributed by atoms with Gasteiger partial charge in [-0.15, -0.1) is 0 Å². The van der Waals surface area contributed by atoms with Crippen molar-refractivity contribution in [1.29, 1.82) is 0 Å². The van der Waals surface area contributed by atoms with E-state index in [1.165, 1.54) is 11.4 Å². The standard InChI is InChI=1S/C25H28N2O5S/c1-5-31-22-12-8-20(9-13-22)26-25(28)19(3)32-23-14-10-21(11-15-23)27(4)33(29,30)24-16-6-18(2)7-17-24/h6-17,19H,5H2,1-4H3,(H,26,28). The number of hydrogen-bond acceptors (Lipinski definition) is 5. The quantitative estimate of drug-likeness (QED) is 0.495. The van der Waals surface area contributed by atoms with Crippen molar-refractivity contribution in [3.63, 3.8) is 0 Å². The molecule has 3 aromatic rings. The Kier molecular flexibility index (Phi) is 7.60. The summed E-state index contributed by atoms with van der Waals surface area (Å²) in [6, 6.07) is 20.3. The van der Waals surface area contributed by atoms with Gasteiger partial charge in [0.25, 0.3) is 15.9 Å². The highest BCUT2D eigenvalue weighted by atomic mass is 32.2. The molecule has 1 N–H and O–H groups in total. The van der Waals surface area contributed by atoms with Crippen molar-refractivity contribution < 1.29 is 22.7 Å². The van der Waals surface area contributed by atoms with E-state index in [0.717, 1.165) is 11.3 Å². The summed E-state index contributed by atoms with van der Waals surface area (Å²) in [5.41, 5.74) is 2.10. The van der Waals surface area contributed by atoms with Crippen molar-refractivity contribution in [2.75, 3.05) is 23.3 Å². The average molecular weight is 469 g/mol. The van der Waals surface area contributed by atoms with Gasteiger partial charge in [0.15, 0.2) is 6.10 Å². The highest BCUT2D eigenvalue weighted by Crippen LogP contribution is 2.25. The molecule has 0 bridgehead atoms. The second-order valence-electron chi connectivity index (χ2n) is 7.49. The van der Waals surface area contributed by atoms with Gasteiger partial charge in [-0.3, -0.25) is 9.10 Å². The fourth-order valence-corrected chi connectivity index (χ4v) is 4.24. The zero-order valence-corrected chi connectivity index (χ0v) is 19.9. The molecule has 0 radical (unpaired) electrons. The fraction of sp³-hybridized carbons (Fsp3) is 0.240. The first kappa shape index (κ1) is 24.1. The van der Waals surface area contributed by atoms with Crippen LogP contribution in [0.25, 0.3) is 0 Å². The minimum atomic E-state index is -3.68. The minimum absolute atomic E-state index is 0.218. The van der Waals surface area contributed by atoms with Gasteiger partial charge in [0.1, 0.15) is 11.5 Å². The summed E-state index contributed by atoms with van der Waals surface area (Å²) in [6.45, 7) is 6.02. The first-order valence-electron chi connectivity index (χ1n) is 10.6. The Morgan fingerprint density at radius 1 is 0.939 bits per heavy atom. The highest BCUT2D eigenvalue weighted by molar-refractivity contribution is 7.92. The number of nitrogens with one attached hydrogen (secondary N) is 1. The number of benzene rings is 3. The maximum absolute atomic E-state index is 12.9. The Bertz CT molecular complexity index is 1170. The molecule has 1 unspecified atom stereocenters. The van der Waals surface area contributed by atoms with E-state index in [1.807, 2.05) is 13.8 Å². The van der Waals surface area contributed by atoms with Gasteiger partial charge < -0.3 is 14.8 Å². The smallest absolute Gasteiger partial charge is 0.265 e. The second-order valence-corrected chi connectivity index (χ2v) is 9.46. The van der Waals surface area contributed by atoms with Gasteiger partial charge in [-0.2, -0.15) is 0 Å². The predicted molar refractivity (Wildman–Crippen MR) is 130 cm³/mol. The summed E-state index contributed by atoms with van der Waals surface area (Å²) in [7, 11) is -2.18. The Hall–Kier alpha value is -3.52. The van der Waals surface area contributed by atoms with E-state index in [0.29, 0.717) is 23.7 Å². The molecule has 0 aliphatic carbocycles. The number of carbonyl (C=O) groups is 1. The van der Waals surface area contributed by atoms with Crippen molar-refractivity contribution >= 4 is 27.3 Å². The van der Waals surface area contributed by atoms with E-state index in [1.54, 1.807) is 79.7 Å². The minimum Gasteiger partial charge on any atom is -0.494 e. The summed E-state index contributed by atoms with van der Waals surface area (Å²) in [6.07, 6.45) is -0.753. The molecule has 0 fully saturated rings. The molecule has 0 heterocycles. The van der Waals surface area contributed by atoms with Crippen molar-refractivity contribution in [2.45, 2.75) is 31.8 Å². The van der Waals surface area contributed by atoms with Gasteiger partial charge in [-0.1, -0.05) is 17.7 Å². The maximum atomic E-state index is 12.9. The van der Waals surface area contributed by atoms with Crippen molar-refractivity contribution in [1.82, 2.24) is 0 Å². The topological polar surface area (TPSA) is 84.9 Å². The molecule has 1 atom stereocenters. The molecule has 0 aliphatic rings. The highest BCUT2D eigenvalue weighted by Gasteiger charge is 2.21. The molecule has 8 heteroatoms. The molecule has 0 saturated carbocycles. The lowest BCUT2D eigenvalue weighted by atomic mass is 10.2. The SMILES string of the molecule is CCOc1ccc(NC(=O)C(C)Oc2ccc(N(C)S(=O)(=O)c3ccc(C)cc3)cc2)cc1. The fourth-order valence-electron chi connectivity index (χ4n) is 3.04. The monoisotopic (exact) mass is 468 g/mol. The third-order valence-corrected chi connectivity index (χ3v) is 6.79. The lowest BCUT2D eigenvalue weighted by Gasteiger charge is -2.20. The Morgan fingerprint density at radius 3 is 2.09 bits per heavy atom. The van der Waals surface area contributed by atoms with Crippen LogP contribution in [0.3, 0.4) is 0 Å². The van der Waals surface area contributed by atoms with Gasteiger partial charge >= 0.3 is 0 Å². The molecule has 0 spiro atoms. The molecular weight excluding hydrogens is 440 g/mol. The predicted octanol–water partition coefficient (Wildman–Crippen LogP) is 4.62. The Morgan fingerprint density at radius 2 is 1.52 bits per heavy atom. The van der Waals surface area contributed by atoms with Crippen LogP contribution < -0.4 is 19.1 Å². The molecule has 0 saturated heterocycles. The maximum Gasteiger partial charge on any atom is 0.265 e. The van der Waals surface area contributed by atoms with Crippen LogP contribution >= 0.6 is 0 Å². The van der Waals surface area contributed by atoms with Crippen molar-refractivity contribution in [3.05, 3.63) is 78.4 Å². The zero-order valence-electron chi connectivity index (χ0n) is 19.1. The Labute approximate surface area is 195 Å². The number of aryl methyl sites for hydroxylation is 1. The van der Waals surface area contributed by atoms with Crippen molar-refractivity contribution in [2.24, 2.45) is 0 Å². The number of anilines is 2. The number of nitrogens with zero attached hydrogens (tertiary/aromatic N) is 1. The van der Waals surface area contributed by atoms with E-state index in [4.69, 9.17) is 9.47 Å². The van der Waals surface area contributed by atoms with E-state index in [-0.39, 0.29) is 10.8 Å². The van der Waals surface area contributed by atoms with Crippen LogP contribution in [0.1, 0.15) is 19.4 Å². The van der Waals surface area contributed by atoms with Crippen LogP contribution in [0.2, 0.25) is 0 Å². The first-order valence-corrected chi connectivity index (χ1v) is 12.0. The third-order valence-electron chi connectivity index (χ3n) is 4.99. The molecule has 174 valence electrons. The van der Waals surface area contributed by atoms with Crippen LogP contribution in [0.5, 0.6) is 11.5 Å². The second kappa shape index (κ2) is 10.4. The first-order chi connectivity index (χ1) is 15.7. The zero-order chi connectivity index (χ0) is 24.0. The number of carbonyl (C=O) groups excluding carboxylic acids is 1. The van der Waals surface area contributed by atoms with Crippen LogP contribution in [0, 0.1) is 6.92 Å². The summed E-state index contributed by atoms with van der Waals surface area (Å²) >= 11 is 0. The number of sulfonamides is 1. The molecule has 0 aliphatic heterocycles. The number of amides is 1. The van der Waals surface area contributed by atoms with Crippen LogP contribution in [0.4, 0.5) is 11.4 Å². The molecule has 33 heavy (non-hydrogen) atoms. The number of ether oxygens (including phenoxy) is 2. The van der Waals surface area contributed by atoms with Gasteiger partial charge in [-0.05, 0) is 81.4 Å². The van der Waals surface area contributed by atoms with Crippen LogP contribution in [0.15, 0.2) is 77.7 Å². The molecule has 3 aromatic carbocycles. The molecule has 3 rings (SSSR count). The van der Waals surface area contributed by atoms with Gasteiger partial charge in [0, 0.05) is 12.7 Å². The summed E-state index contributed by atoms with van der Waals surface area (Å²) in [5, 5.41) is 2.80. The molecular formula is C25H28N2O5S. The lowest BCUT2D eigenvalue weighted by molar-refractivity contribution is -0.122. The summed E-state index contributed by atoms with van der Waals surface area (Å²) in [5.74, 6) is 0.880. The van der Waals surface area contributed by atoms with Gasteiger partial charge in [0.2, 0.25) is 0 Å². The Balaban J connectivity index is 1.62. The number of rotatable bonds is 9. The van der Waals surface area contributed by atoms with Crippen LogP contribution in [-0.4, -0.2) is 34.1 Å². The third kappa shape index (κ3) is 6.04. The normalized spacial score (nSPS) is 12.0.